The topological polar surface area (TPSA) is 51.0 Å². The zero-order chi connectivity index (χ0) is 17.1. The molecule has 3 aromatic rings. The summed E-state index contributed by atoms with van der Waals surface area (Å²) in [5.41, 5.74) is 2.28. The van der Waals surface area contributed by atoms with Crippen LogP contribution in [0.5, 0.6) is 0 Å². The first-order valence-corrected chi connectivity index (χ1v) is 7.90. The molecule has 2 heterocycles. The molecule has 3 rings (SSSR count). The average Bonchev–Trinajstić information content (AvgIpc) is 2.94. The quantitative estimate of drug-likeness (QED) is 0.729. The van der Waals surface area contributed by atoms with Gasteiger partial charge in [-0.05, 0) is 36.8 Å². The fourth-order valence-electron chi connectivity index (χ4n) is 2.47. The van der Waals surface area contributed by atoms with Crippen molar-refractivity contribution >= 4 is 23.3 Å². The lowest BCUT2D eigenvalue weighted by molar-refractivity contribution is 0.0991. The van der Waals surface area contributed by atoms with E-state index in [1.54, 1.807) is 30.2 Å². The molecule has 0 N–H and O–H groups in total. The van der Waals surface area contributed by atoms with Crippen molar-refractivity contribution in [1.29, 1.82) is 0 Å². The molecule has 0 aliphatic carbocycles. The Morgan fingerprint density at radius 1 is 1.25 bits per heavy atom. The lowest BCUT2D eigenvalue weighted by Gasteiger charge is -2.15. The van der Waals surface area contributed by atoms with Gasteiger partial charge in [-0.25, -0.2) is 4.98 Å². The fraction of sp³-hybridized carbons (Fsp3) is 0.167. The van der Waals surface area contributed by atoms with Gasteiger partial charge in [-0.2, -0.15) is 5.10 Å². The molecule has 0 saturated carbocycles. The van der Waals surface area contributed by atoms with Crippen LogP contribution >= 0.6 is 11.6 Å². The van der Waals surface area contributed by atoms with Gasteiger partial charge in [-0.1, -0.05) is 29.8 Å². The highest BCUT2D eigenvalue weighted by molar-refractivity contribution is 6.30. The molecule has 1 aromatic carbocycles. The molecule has 0 spiro atoms. The summed E-state index contributed by atoms with van der Waals surface area (Å²) in [5.74, 6) is 0.466. The number of rotatable bonds is 4. The lowest BCUT2D eigenvalue weighted by atomic mass is 10.2. The number of aromatic nitrogens is 3. The molecule has 0 aliphatic rings. The van der Waals surface area contributed by atoms with E-state index < -0.39 is 0 Å². The van der Waals surface area contributed by atoms with Gasteiger partial charge in [0.25, 0.3) is 5.91 Å². The minimum absolute atomic E-state index is 0.136. The van der Waals surface area contributed by atoms with Crippen LogP contribution in [0.25, 0.3) is 0 Å². The Labute approximate surface area is 145 Å². The number of carbonyl (C=O) groups is 1. The highest BCUT2D eigenvalue weighted by Crippen LogP contribution is 2.16. The van der Waals surface area contributed by atoms with Crippen molar-refractivity contribution in [3.63, 3.8) is 0 Å². The highest BCUT2D eigenvalue weighted by Gasteiger charge is 2.19. The van der Waals surface area contributed by atoms with Gasteiger partial charge >= 0.3 is 0 Å². The molecule has 0 atom stereocenters. The molecule has 0 radical (unpaired) electrons. The summed E-state index contributed by atoms with van der Waals surface area (Å²) >= 11 is 6.01. The number of pyridine rings is 1. The number of anilines is 1. The SMILES string of the molecule is Cc1nn(Cc2cccc(Cl)c2)cc1C(=O)N(C)c1ccccn1. The summed E-state index contributed by atoms with van der Waals surface area (Å²) in [6.45, 7) is 2.38. The molecule has 0 unspecified atom stereocenters. The molecule has 1 amide bonds. The summed E-state index contributed by atoms with van der Waals surface area (Å²) in [4.78, 5) is 18.4. The predicted octanol–water partition coefficient (Wildman–Crippen LogP) is 3.56. The molecule has 5 nitrogen and oxygen atoms in total. The van der Waals surface area contributed by atoms with Crippen LogP contribution in [0, 0.1) is 6.92 Å². The molecular formula is C18H17ClN4O. The van der Waals surface area contributed by atoms with Crippen LogP contribution in [0.1, 0.15) is 21.6 Å². The lowest BCUT2D eigenvalue weighted by Crippen LogP contribution is -2.27. The number of aryl methyl sites for hydroxylation is 1. The Kier molecular flexibility index (Phi) is 4.62. The summed E-state index contributed by atoms with van der Waals surface area (Å²) < 4.78 is 1.75. The van der Waals surface area contributed by atoms with Crippen LogP contribution in [0.2, 0.25) is 5.02 Å². The minimum Gasteiger partial charge on any atom is -0.296 e. The van der Waals surface area contributed by atoms with E-state index >= 15 is 0 Å². The van der Waals surface area contributed by atoms with Crippen LogP contribution in [0.15, 0.2) is 54.9 Å². The third kappa shape index (κ3) is 3.46. The minimum atomic E-state index is -0.136. The normalized spacial score (nSPS) is 10.6. The molecule has 122 valence electrons. The second-order valence-corrected chi connectivity index (χ2v) is 5.94. The summed E-state index contributed by atoms with van der Waals surface area (Å²) in [5, 5.41) is 5.12. The Bertz CT molecular complexity index is 860. The van der Waals surface area contributed by atoms with E-state index in [4.69, 9.17) is 11.6 Å². The molecule has 2 aromatic heterocycles. The molecule has 6 heteroatoms. The molecular weight excluding hydrogens is 324 g/mol. The van der Waals surface area contributed by atoms with Gasteiger partial charge in [-0.15, -0.1) is 0 Å². The van der Waals surface area contributed by atoms with E-state index in [0.717, 1.165) is 5.56 Å². The number of carbonyl (C=O) groups excluding carboxylic acids is 1. The average molecular weight is 341 g/mol. The van der Waals surface area contributed by atoms with Crippen molar-refractivity contribution < 1.29 is 4.79 Å². The van der Waals surface area contributed by atoms with Crippen molar-refractivity contribution in [2.24, 2.45) is 0 Å². The maximum atomic E-state index is 12.7. The largest absolute Gasteiger partial charge is 0.296 e. The fourth-order valence-corrected chi connectivity index (χ4v) is 2.68. The number of halogens is 1. The number of hydrogen-bond donors (Lipinski definition) is 0. The van der Waals surface area contributed by atoms with Gasteiger partial charge in [0.1, 0.15) is 5.82 Å². The van der Waals surface area contributed by atoms with Crippen LogP contribution in [-0.4, -0.2) is 27.7 Å². The van der Waals surface area contributed by atoms with E-state index in [0.29, 0.717) is 28.6 Å². The van der Waals surface area contributed by atoms with Crippen molar-refractivity contribution in [1.82, 2.24) is 14.8 Å². The molecule has 24 heavy (non-hydrogen) atoms. The van der Waals surface area contributed by atoms with E-state index in [-0.39, 0.29) is 5.91 Å². The van der Waals surface area contributed by atoms with Gasteiger partial charge in [-0.3, -0.25) is 14.4 Å². The van der Waals surface area contributed by atoms with Gasteiger partial charge in [0.05, 0.1) is 17.8 Å². The van der Waals surface area contributed by atoms with Crippen molar-refractivity contribution in [2.75, 3.05) is 11.9 Å². The van der Waals surface area contributed by atoms with Crippen LogP contribution < -0.4 is 4.90 Å². The van der Waals surface area contributed by atoms with Crippen LogP contribution in [-0.2, 0) is 6.54 Å². The van der Waals surface area contributed by atoms with E-state index in [1.807, 2.05) is 43.3 Å². The number of nitrogens with zero attached hydrogens (tertiary/aromatic N) is 4. The van der Waals surface area contributed by atoms with E-state index in [9.17, 15) is 4.79 Å². The summed E-state index contributed by atoms with van der Waals surface area (Å²) in [6, 6.07) is 13.1. The molecule has 0 aliphatic heterocycles. The smallest absolute Gasteiger partial charge is 0.262 e. The molecule has 0 bridgehead atoms. The zero-order valence-electron chi connectivity index (χ0n) is 13.5. The summed E-state index contributed by atoms with van der Waals surface area (Å²) in [6.07, 6.45) is 3.42. The van der Waals surface area contributed by atoms with Gasteiger partial charge in [0, 0.05) is 24.5 Å². The molecule has 0 fully saturated rings. The zero-order valence-corrected chi connectivity index (χ0v) is 14.2. The van der Waals surface area contributed by atoms with Crippen molar-refractivity contribution in [2.45, 2.75) is 13.5 Å². The maximum Gasteiger partial charge on any atom is 0.262 e. The highest BCUT2D eigenvalue weighted by atomic mass is 35.5. The van der Waals surface area contributed by atoms with Gasteiger partial charge < -0.3 is 0 Å². The molecule has 0 saturated heterocycles. The summed E-state index contributed by atoms with van der Waals surface area (Å²) in [7, 11) is 1.71. The Hall–Kier alpha value is -2.66. The number of amides is 1. The van der Waals surface area contributed by atoms with E-state index in [1.165, 1.54) is 4.90 Å². The van der Waals surface area contributed by atoms with Gasteiger partial charge in [0.2, 0.25) is 0 Å². The van der Waals surface area contributed by atoms with Crippen LogP contribution in [0.4, 0.5) is 5.82 Å². The third-order valence-electron chi connectivity index (χ3n) is 3.71. The monoisotopic (exact) mass is 340 g/mol. The van der Waals surface area contributed by atoms with Crippen molar-refractivity contribution in [3.05, 3.63) is 76.7 Å². The standard InChI is InChI=1S/C18H17ClN4O/c1-13-16(18(24)22(2)17-8-3-4-9-20-17)12-23(21-13)11-14-6-5-7-15(19)10-14/h3-10,12H,11H2,1-2H3. The van der Waals surface area contributed by atoms with Crippen LogP contribution in [0.3, 0.4) is 0 Å². The Morgan fingerprint density at radius 3 is 2.79 bits per heavy atom. The first-order valence-electron chi connectivity index (χ1n) is 7.52. The predicted molar refractivity (Wildman–Crippen MR) is 94.5 cm³/mol. The second kappa shape index (κ2) is 6.84. The van der Waals surface area contributed by atoms with E-state index in [2.05, 4.69) is 10.1 Å². The Morgan fingerprint density at radius 2 is 2.08 bits per heavy atom. The first kappa shape index (κ1) is 16.2. The number of benzene rings is 1. The second-order valence-electron chi connectivity index (χ2n) is 5.51. The Balaban J connectivity index is 1.82. The van der Waals surface area contributed by atoms with Gasteiger partial charge in [0.15, 0.2) is 0 Å². The third-order valence-corrected chi connectivity index (χ3v) is 3.94. The first-order chi connectivity index (χ1) is 11.5. The number of hydrogen-bond acceptors (Lipinski definition) is 3. The van der Waals surface area contributed by atoms with Crippen molar-refractivity contribution in [3.8, 4) is 0 Å². The maximum absolute atomic E-state index is 12.7.